The number of allylic oxidation sites excluding steroid dienone is 4. The molecule has 12 heteroatoms. The SMILES string of the molecule is C[N+](C)=C1CC(C)(C)C2=C1C[B-](c1c(F)c(F)c(F)c(F)c1F)(c1c(F)c(F)c(F)c(F)c1F)C(CCc1ccccc1)=C2. The maximum Gasteiger partial charge on any atom is 0.200 e. The first-order valence-corrected chi connectivity index (χ1v) is 13.8. The number of benzene rings is 3. The van der Waals surface area contributed by atoms with Crippen molar-refractivity contribution in [1.82, 2.24) is 0 Å². The molecule has 44 heavy (non-hydrogen) atoms. The fourth-order valence-electron chi connectivity index (χ4n) is 6.97. The van der Waals surface area contributed by atoms with Crippen molar-refractivity contribution < 1.29 is 48.5 Å². The van der Waals surface area contributed by atoms with Crippen LogP contribution >= 0.6 is 0 Å². The normalized spacial score (nSPS) is 17.2. The maximum atomic E-state index is 15.9. The first-order chi connectivity index (χ1) is 20.6. The Hall–Kier alpha value is -3.83. The molecule has 0 aromatic heterocycles. The molecule has 1 aliphatic carbocycles. The molecule has 0 atom stereocenters. The molecule has 0 saturated heterocycles. The second-order valence-corrected chi connectivity index (χ2v) is 12.2. The largest absolute Gasteiger partial charge is 0.239 e. The highest BCUT2D eigenvalue weighted by Gasteiger charge is 2.51. The van der Waals surface area contributed by atoms with E-state index in [0.717, 1.165) is 0 Å². The number of halogens is 10. The zero-order valence-corrected chi connectivity index (χ0v) is 24.1. The third-order valence-electron chi connectivity index (χ3n) is 9.04. The van der Waals surface area contributed by atoms with Gasteiger partial charge in [-0.05, 0) is 28.5 Å². The highest BCUT2D eigenvalue weighted by atomic mass is 19.2. The van der Waals surface area contributed by atoms with Gasteiger partial charge in [-0.2, -0.15) is 0 Å². The minimum absolute atomic E-state index is 0.0499. The lowest BCUT2D eigenvalue weighted by atomic mass is 9.11. The molecule has 0 radical (unpaired) electrons. The molecule has 0 saturated carbocycles. The van der Waals surface area contributed by atoms with Gasteiger partial charge in [0.2, 0.25) is 0 Å². The molecular weight excluding hydrogens is 599 g/mol. The maximum absolute atomic E-state index is 15.9. The summed E-state index contributed by atoms with van der Waals surface area (Å²) in [5.41, 5.74) is -2.18. The number of hydrogen-bond donors (Lipinski definition) is 0. The number of rotatable bonds is 5. The molecule has 0 bridgehead atoms. The van der Waals surface area contributed by atoms with Gasteiger partial charge in [0, 0.05) is 6.42 Å². The van der Waals surface area contributed by atoms with Gasteiger partial charge in [0.25, 0.3) is 0 Å². The Labute approximate surface area is 247 Å². The van der Waals surface area contributed by atoms with Crippen LogP contribution in [-0.4, -0.2) is 30.5 Å². The van der Waals surface area contributed by atoms with Gasteiger partial charge in [0.05, 0.1) is 6.15 Å². The summed E-state index contributed by atoms with van der Waals surface area (Å²) in [6.45, 7) is 3.67. The summed E-state index contributed by atoms with van der Waals surface area (Å²) < 4.78 is 153. The summed E-state index contributed by atoms with van der Waals surface area (Å²) in [7, 11) is 3.25. The van der Waals surface area contributed by atoms with Crippen molar-refractivity contribution in [2.75, 3.05) is 14.1 Å². The first kappa shape index (κ1) is 31.6. The van der Waals surface area contributed by atoms with Crippen LogP contribution in [0.2, 0.25) is 6.32 Å². The van der Waals surface area contributed by atoms with E-state index in [9.17, 15) is 26.3 Å². The van der Waals surface area contributed by atoms with Gasteiger partial charge >= 0.3 is 0 Å². The zero-order valence-electron chi connectivity index (χ0n) is 24.1. The Morgan fingerprint density at radius 2 is 1.07 bits per heavy atom. The second kappa shape index (κ2) is 11.0. The van der Waals surface area contributed by atoms with E-state index in [4.69, 9.17) is 0 Å². The highest BCUT2D eigenvalue weighted by Crippen LogP contribution is 2.50. The molecule has 1 heterocycles. The van der Waals surface area contributed by atoms with Crippen LogP contribution in [0, 0.1) is 63.6 Å². The fourth-order valence-corrected chi connectivity index (χ4v) is 6.97. The molecule has 0 fully saturated rings. The Morgan fingerprint density at radius 3 is 1.50 bits per heavy atom. The van der Waals surface area contributed by atoms with Crippen LogP contribution < -0.4 is 10.9 Å². The molecular formula is C32H26BF10N. The molecule has 232 valence electrons. The molecule has 1 aliphatic heterocycles. The average molecular weight is 625 g/mol. The van der Waals surface area contributed by atoms with Crippen molar-refractivity contribution in [3.05, 3.63) is 117 Å². The Balaban J connectivity index is 1.98. The summed E-state index contributed by atoms with van der Waals surface area (Å²) >= 11 is 0. The van der Waals surface area contributed by atoms with Crippen LogP contribution in [0.1, 0.15) is 32.3 Å². The monoisotopic (exact) mass is 625 g/mol. The van der Waals surface area contributed by atoms with Crippen molar-refractivity contribution in [2.45, 2.75) is 39.4 Å². The summed E-state index contributed by atoms with van der Waals surface area (Å²) in [4.78, 5) is 0. The van der Waals surface area contributed by atoms with E-state index in [1.165, 1.54) is 6.08 Å². The van der Waals surface area contributed by atoms with Gasteiger partial charge in [-0.3, -0.25) is 0 Å². The number of aryl methyl sites for hydroxylation is 1. The minimum Gasteiger partial charge on any atom is -0.239 e. The number of hydrogen-bond acceptors (Lipinski definition) is 0. The molecule has 0 spiro atoms. The van der Waals surface area contributed by atoms with Crippen LogP contribution in [0.15, 0.2) is 53.0 Å². The predicted octanol–water partition coefficient (Wildman–Crippen LogP) is 7.19. The summed E-state index contributed by atoms with van der Waals surface area (Å²) in [6.07, 6.45) is -3.39. The zero-order chi connectivity index (χ0) is 32.5. The smallest absolute Gasteiger partial charge is 0.200 e. The van der Waals surface area contributed by atoms with E-state index in [0.29, 0.717) is 23.3 Å². The van der Waals surface area contributed by atoms with Gasteiger partial charge in [0.1, 0.15) is 37.4 Å². The topological polar surface area (TPSA) is 3.01 Å². The van der Waals surface area contributed by atoms with Gasteiger partial charge in [-0.25, -0.2) is 54.0 Å². The van der Waals surface area contributed by atoms with Crippen LogP contribution in [-0.2, 0) is 6.42 Å². The Morgan fingerprint density at radius 1 is 0.636 bits per heavy atom. The minimum atomic E-state index is -4.08. The van der Waals surface area contributed by atoms with Crippen molar-refractivity contribution >= 4 is 22.8 Å². The van der Waals surface area contributed by atoms with Crippen molar-refractivity contribution in [3.8, 4) is 0 Å². The molecule has 0 unspecified atom stereocenters. The van der Waals surface area contributed by atoms with Crippen molar-refractivity contribution in [1.29, 1.82) is 0 Å². The van der Waals surface area contributed by atoms with E-state index in [1.54, 1.807) is 49.0 Å². The van der Waals surface area contributed by atoms with E-state index in [-0.39, 0.29) is 23.9 Å². The van der Waals surface area contributed by atoms with Crippen LogP contribution in [0.25, 0.3) is 0 Å². The molecule has 3 aromatic rings. The number of nitrogens with zero attached hydrogens (tertiary/aromatic N) is 1. The molecule has 5 rings (SSSR count). The van der Waals surface area contributed by atoms with Crippen molar-refractivity contribution in [2.24, 2.45) is 5.41 Å². The average Bonchev–Trinajstić information content (AvgIpc) is 3.25. The van der Waals surface area contributed by atoms with E-state index in [2.05, 4.69) is 0 Å². The van der Waals surface area contributed by atoms with E-state index in [1.807, 2.05) is 13.8 Å². The van der Waals surface area contributed by atoms with Gasteiger partial charge in [-0.1, -0.05) is 56.7 Å². The molecule has 2 aliphatic rings. The van der Waals surface area contributed by atoms with Crippen LogP contribution in [0.3, 0.4) is 0 Å². The lowest BCUT2D eigenvalue weighted by Crippen LogP contribution is -2.66. The van der Waals surface area contributed by atoms with Gasteiger partial charge in [0.15, 0.2) is 40.6 Å². The predicted molar refractivity (Wildman–Crippen MR) is 148 cm³/mol. The van der Waals surface area contributed by atoms with Gasteiger partial charge < -0.3 is 0 Å². The van der Waals surface area contributed by atoms with E-state index < -0.39 is 87.0 Å². The second-order valence-electron chi connectivity index (χ2n) is 12.2. The first-order valence-electron chi connectivity index (χ1n) is 13.8. The quantitative estimate of drug-likeness (QED) is 0.0929. The third kappa shape index (κ3) is 4.59. The third-order valence-corrected chi connectivity index (χ3v) is 9.04. The van der Waals surface area contributed by atoms with E-state index >= 15 is 17.6 Å². The van der Waals surface area contributed by atoms with Crippen LogP contribution in [0.5, 0.6) is 0 Å². The molecule has 1 nitrogen and oxygen atoms in total. The van der Waals surface area contributed by atoms with Crippen molar-refractivity contribution in [3.63, 3.8) is 0 Å². The Bertz CT molecular complexity index is 1680. The van der Waals surface area contributed by atoms with Gasteiger partial charge in [-0.15, -0.1) is 17.2 Å². The Kier molecular flexibility index (Phi) is 7.87. The lowest BCUT2D eigenvalue weighted by molar-refractivity contribution is -0.465. The highest BCUT2D eigenvalue weighted by molar-refractivity contribution is 7.08. The summed E-state index contributed by atoms with van der Waals surface area (Å²) in [5, 5.41) is 0. The summed E-state index contributed by atoms with van der Waals surface area (Å²) in [6, 6.07) is 8.41. The molecule has 0 N–H and O–H groups in total. The molecule has 3 aromatic carbocycles. The summed E-state index contributed by atoms with van der Waals surface area (Å²) in [5.74, 6) is -24.3. The fraction of sp³-hybridized carbons (Fsp3) is 0.281. The molecule has 0 amide bonds. The van der Waals surface area contributed by atoms with Crippen LogP contribution in [0.4, 0.5) is 43.9 Å². The lowest BCUT2D eigenvalue weighted by Gasteiger charge is -2.48. The standard InChI is InChI=1S/C32H26BF10N/c1-32(2)13-19(44(3)4)17-14-33(20-22(34)26(38)30(42)27(39)23(20)35,21-24(36)28(40)31(43)29(41)25(21)37)16(12-18(17)32)11-10-15-8-6-5-7-9-15/h5-9,12H,10-11,13-14H2,1-4H3.